The van der Waals surface area contributed by atoms with Gasteiger partial charge in [0.05, 0.1) is 6.04 Å². The minimum atomic E-state index is -0.789. The number of rotatable bonds is 9. The highest BCUT2D eigenvalue weighted by Gasteiger charge is 2.26. The molecule has 3 atom stereocenters. The molecule has 0 aromatic heterocycles. The molecule has 0 rings (SSSR count). The van der Waals surface area contributed by atoms with E-state index in [1.165, 1.54) is 6.92 Å². The second-order valence-electron chi connectivity index (χ2n) is 6.56. The molecule has 7 heteroatoms. The van der Waals surface area contributed by atoms with Crippen LogP contribution in [-0.2, 0) is 14.4 Å². The number of primary amides is 1. The summed E-state index contributed by atoms with van der Waals surface area (Å²) in [6.45, 7) is 9.33. The van der Waals surface area contributed by atoms with E-state index in [9.17, 15) is 14.4 Å². The zero-order chi connectivity index (χ0) is 17.4. The van der Waals surface area contributed by atoms with Gasteiger partial charge in [0.15, 0.2) is 0 Å². The van der Waals surface area contributed by atoms with Crippen molar-refractivity contribution in [2.75, 3.05) is 0 Å². The molecule has 0 aliphatic carbocycles. The van der Waals surface area contributed by atoms with E-state index in [0.29, 0.717) is 12.8 Å². The SMILES string of the molecule is CC(C)C[C@H](NC(=O)[C@@H](N)CC(C)C)C(=O)N[C@@H](C)C(N)=O. The van der Waals surface area contributed by atoms with Crippen molar-refractivity contribution in [2.24, 2.45) is 23.3 Å². The first-order valence-corrected chi connectivity index (χ1v) is 7.70. The molecular weight excluding hydrogens is 284 g/mol. The molecule has 3 amide bonds. The van der Waals surface area contributed by atoms with E-state index in [1.807, 2.05) is 27.7 Å². The summed E-state index contributed by atoms with van der Waals surface area (Å²) in [5, 5.41) is 5.17. The van der Waals surface area contributed by atoms with Crippen molar-refractivity contribution in [1.82, 2.24) is 10.6 Å². The maximum absolute atomic E-state index is 12.2. The van der Waals surface area contributed by atoms with Gasteiger partial charge in [-0.3, -0.25) is 14.4 Å². The van der Waals surface area contributed by atoms with E-state index in [1.54, 1.807) is 0 Å². The number of amides is 3. The normalized spacial score (nSPS) is 15.3. The summed E-state index contributed by atoms with van der Waals surface area (Å²) in [5.74, 6) is -0.930. The third-order valence-corrected chi connectivity index (χ3v) is 3.19. The summed E-state index contributed by atoms with van der Waals surface area (Å²) < 4.78 is 0. The van der Waals surface area contributed by atoms with Gasteiger partial charge in [0.1, 0.15) is 12.1 Å². The zero-order valence-corrected chi connectivity index (χ0v) is 14.2. The third kappa shape index (κ3) is 7.97. The van der Waals surface area contributed by atoms with E-state index in [0.717, 1.165) is 0 Å². The standard InChI is InChI=1S/C15H30N4O3/c1-8(2)6-11(16)14(21)19-12(7-9(3)4)15(22)18-10(5)13(17)20/h8-12H,6-7,16H2,1-5H3,(H2,17,20)(H,18,22)(H,19,21)/t10-,11-,12-/m0/s1. The lowest BCUT2D eigenvalue weighted by molar-refractivity contribution is -0.132. The fourth-order valence-corrected chi connectivity index (χ4v) is 1.98. The topological polar surface area (TPSA) is 127 Å². The quantitative estimate of drug-likeness (QED) is 0.473. The molecule has 6 N–H and O–H groups in total. The van der Waals surface area contributed by atoms with Crippen molar-refractivity contribution in [3.05, 3.63) is 0 Å². The van der Waals surface area contributed by atoms with Crippen molar-refractivity contribution in [3.8, 4) is 0 Å². The van der Waals surface area contributed by atoms with Crippen LogP contribution in [0.2, 0.25) is 0 Å². The van der Waals surface area contributed by atoms with Crippen LogP contribution in [0.4, 0.5) is 0 Å². The Bertz CT molecular complexity index is 396. The number of carbonyl (C=O) groups excluding carboxylic acids is 3. The zero-order valence-electron chi connectivity index (χ0n) is 14.2. The van der Waals surface area contributed by atoms with Gasteiger partial charge in [-0.25, -0.2) is 0 Å². The molecule has 0 spiro atoms. The summed E-state index contributed by atoms with van der Waals surface area (Å²) in [6.07, 6.45) is 0.997. The highest BCUT2D eigenvalue weighted by Crippen LogP contribution is 2.07. The molecule has 0 heterocycles. The molecule has 0 fully saturated rings. The van der Waals surface area contributed by atoms with Gasteiger partial charge in [-0.05, 0) is 31.6 Å². The average Bonchev–Trinajstić information content (AvgIpc) is 2.35. The second kappa shape index (κ2) is 9.40. The first-order valence-electron chi connectivity index (χ1n) is 7.70. The molecule has 0 aliphatic rings. The first-order chi connectivity index (χ1) is 10.0. The highest BCUT2D eigenvalue weighted by molar-refractivity contribution is 5.92. The Hall–Kier alpha value is -1.63. The van der Waals surface area contributed by atoms with Crippen LogP contribution >= 0.6 is 0 Å². The molecule has 0 saturated carbocycles. The Balaban J connectivity index is 4.79. The summed E-state index contributed by atoms with van der Waals surface area (Å²) >= 11 is 0. The van der Waals surface area contributed by atoms with E-state index >= 15 is 0 Å². The number of carbonyl (C=O) groups is 3. The second-order valence-corrected chi connectivity index (χ2v) is 6.56. The maximum atomic E-state index is 12.2. The van der Waals surface area contributed by atoms with Crippen LogP contribution < -0.4 is 22.1 Å². The van der Waals surface area contributed by atoms with Gasteiger partial charge in [0, 0.05) is 0 Å². The lowest BCUT2D eigenvalue weighted by Crippen LogP contribution is -2.55. The predicted octanol–water partition coefficient (Wildman–Crippen LogP) is -0.119. The van der Waals surface area contributed by atoms with Crippen LogP contribution in [0.3, 0.4) is 0 Å². The van der Waals surface area contributed by atoms with Crippen molar-refractivity contribution in [1.29, 1.82) is 0 Å². The van der Waals surface area contributed by atoms with Crippen molar-refractivity contribution >= 4 is 17.7 Å². The Kier molecular flexibility index (Phi) is 8.70. The summed E-state index contributed by atoms with van der Waals surface area (Å²) in [5.41, 5.74) is 11.0. The smallest absolute Gasteiger partial charge is 0.243 e. The molecule has 0 unspecified atom stereocenters. The molecule has 0 aliphatic heterocycles. The monoisotopic (exact) mass is 314 g/mol. The predicted molar refractivity (Wildman–Crippen MR) is 85.6 cm³/mol. The number of hydrogen-bond acceptors (Lipinski definition) is 4. The van der Waals surface area contributed by atoms with E-state index in [2.05, 4.69) is 10.6 Å². The Morgan fingerprint density at radius 3 is 1.77 bits per heavy atom. The fourth-order valence-electron chi connectivity index (χ4n) is 1.98. The van der Waals surface area contributed by atoms with Crippen molar-refractivity contribution < 1.29 is 14.4 Å². The number of nitrogens with one attached hydrogen (secondary N) is 2. The van der Waals surface area contributed by atoms with Gasteiger partial charge < -0.3 is 22.1 Å². The number of hydrogen-bond donors (Lipinski definition) is 4. The minimum Gasteiger partial charge on any atom is -0.368 e. The number of nitrogens with two attached hydrogens (primary N) is 2. The molecule has 0 aromatic rings. The van der Waals surface area contributed by atoms with Gasteiger partial charge in [-0.1, -0.05) is 27.7 Å². The van der Waals surface area contributed by atoms with Gasteiger partial charge in [0.2, 0.25) is 17.7 Å². The van der Waals surface area contributed by atoms with Crippen LogP contribution in [0, 0.1) is 11.8 Å². The third-order valence-electron chi connectivity index (χ3n) is 3.19. The van der Waals surface area contributed by atoms with Crippen LogP contribution in [0.25, 0.3) is 0 Å². The van der Waals surface area contributed by atoms with Crippen molar-refractivity contribution in [3.63, 3.8) is 0 Å². The van der Waals surface area contributed by atoms with E-state index in [4.69, 9.17) is 11.5 Å². The summed E-state index contributed by atoms with van der Waals surface area (Å²) in [7, 11) is 0. The largest absolute Gasteiger partial charge is 0.368 e. The lowest BCUT2D eigenvalue weighted by Gasteiger charge is -2.23. The molecule has 7 nitrogen and oxygen atoms in total. The molecule has 0 saturated heterocycles. The van der Waals surface area contributed by atoms with Crippen LogP contribution in [0.1, 0.15) is 47.5 Å². The molecule has 128 valence electrons. The summed E-state index contributed by atoms with van der Waals surface area (Å²) in [6, 6.07) is -2.17. The van der Waals surface area contributed by atoms with Crippen LogP contribution in [0.15, 0.2) is 0 Å². The average molecular weight is 314 g/mol. The minimum absolute atomic E-state index is 0.196. The van der Waals surface area contributed by atoms with Gasteiger partial charge in [-0.2, -0.15) is 0 Å². The van der Waals surface area contributed by atoms with Gasteiger partial charge >= 0.3 is 0 Å². The molecule has 0 bridgehead atoms. The lowest BCUT2D eigenvalue weighted by atomic mass is 10.0. The molecule has 0 aromatic carbocycles. The van der Waals surface area contributed by atoms with Crippen LogP contribution in [0.5, 0.6) is 0 Å². The fraction of sp³-hybridized carbons (Fsp3) is 0.800. The van der Waals surface area contributed by atoms with Gasteiger partial charge in [0.25, 0.3) is 0 Å². The van der Waals surface area contributed by atoms with Crippen molar-refractivity contribution in [2.45, 2.75) is 65.6 Å². The van der Waals surface area contributed by atoms with Gasteiger partial charge in [-0.15, -0.1) is 0 Å². The molecule has 22 heavy (non-hydrogen) atoms. The van der Waals surface area contributed by atoms with E-state index in [-0.39, 0.29) is 17.7 Å². The Morgan fingerprint density at radius 2 is 1.36 bits per heavy atom. The highest BCUT2D eigenvalue weighted by atomic mass is 16.2. The Labute approximate surface area is 132 Å². The summed E-state index contributed by atoms with van der Waals surface area (Å²) in [4.78, 5) is 35.3. The first kappa shape index (κ1) is 20.4. The molecular formula is C15H30N4O3. The maximum Gasteiger partial charge on any atom is 0.243 e. The van der Waals surface area contributed by atoms with E-state index < -0.39 is 29.9 Å². The molecule has 0 radical (unpaired) electrons. The Morgan fingerprint density at radius 1 is 0.864 bits per heavy atom. The van der Waals surface area contributed by atoms with Crippen LogP contribution in [-0.4, -0.2) is 35.8 Å².